The molecular formula is C14H20N2O2. The molecule has 18 heavy (non-hydrogen) atoms. The van der Waals surface area contributed by atoms with Gasteiger partial charge in [-0.25, -0.2) is 4.79 Å². The minimum atomic E-state index is -0.307. The van der Waals surface area contributed by atoms with Crippen molar-refractivity contribution in [2.75, 3.05) is 20.2 Å². The Morgan fingerprint density at radius 1 is 1.44 bits per heavy atom. The Kier molecular flexibility index (Phi) is 3.97. The van der Waals surface area contributed by atoms with Crippen LogP contribution in [0.1, 0.15) is 29.9 Å². The van der Waals surface area contributed by atoms with Crippen molar-refractivity contribution in [2.24, 2.45) is 11.8 Å². The zero-order valence-electron chi connectivity index (χ0n) is 11.2. The van der Waals surface area contributed by atoms with Gasteiger partial charge in [-0.15, -0.1) is 0 Å². The Bertz CT molecular complexity index is 424. The first-order chi connectivity index (χ1) is 8.61. The molecule has 0 aliphatic carbocycles. The maximum absolute atomic E-state index is 11.7. The van der Waals surface area contributed by atoms with E-state index in [-0.39, 0.29) is 5.97 Å². The van der Waals surface area contributed by atoms with Crippen LogP contribution in [0.5, 0.6) is 0 Å². The molecule has 2 rings (SSSR count). The fourth-order valence-corrected chi connectivity index (χ4v) is 2.45. The maximum atomic E-state index is 11.7. The molecule has 4 heteroatoms. The third-order valence-electron chi connectivity index (χ3n) is 3.73. The van der Waals surface area contributed by atoms with Gasteiger partial charge in [-0.3, -0.25) is 9.88 Å². The summed E-state index contributed by atoms with van der Waals surface area (Å²) in [6.07, 6.45) is 1.73. The first-order valence-corrected chi connectivity index (χ1v) is 6.36. The van der Waals surface area contributed by atoms with Crippen molar-refractivity contribution in [1.82, 2.24) is 9.88 Å². The largest absolute Gasteiger partial charge is 0.465 e. The number of hydrogen-bond acceptors (Lipinski definition) is 4. The minimum absolute atomic E-state index is 0.307. The number of carbonyl (C=O) groups excluding carboxylic acids is 1. The highest BCUT2D eigenvalue weighted by molar-refractivity contribution is 5.90. The monoisotopic (exact) mass is 248 g/mol. The summed E-state index contributed by atoms with van der Waals surface area (Å²) >= 11 is 0. The van der Waals surface area contributed by atoms with Gasteiger partial charge in [0.1, 0.15) is 0 Å². The molecule has 2 heterocycles. The van der Waals surface area contributed by atoms with Gasteiger partial charge in [0.2, 0.25) is 0 Å². The molecule has 0 saturated carbocycles. The number of rotatable bonds is 3. The van der Waals surface area contributed by atoms with Gasteiger partial charge in [0.05, 0.1) is 18.4 Å². The first kappa shape index (κ1) is 13.0. The Morgan fingerprint density at radius 2 is 2.11 bits per heavy atom. The number of nitrogens with zero attached hydrogens (tertiary/aromatic N) is 2. The van der Waals surface area contributed by atoms with Gasteiger partial charge < -0.3 is 4.74 Å². The Balaban J connectivity index is 2.12. The lowest BCUT2D eigenvalue weighted by molar-refractivity contribution is 0.0597. The normalized spacial score (nSPS) is 24.2. The second kappa shape index (κ2) is 5.48. The number of aromatic nitrogens is 1. The molecule has 0 N–H and O–H groups in total. The molecule has 0 bridgehead atoms. The molecule has 2 unspecified atom stereocenters. The maximum Gasteiger partial charge on any atom is 0.339 e. The lowest BCUT2D eigenvalue weighted by atomic mass is 10.0. The number of ether oxygens (including phenoxy) is 1. The fraction of sp³-hybridized carbons (Fsp3) is 0.571. The average Bonchev–Trinajstić information content (AvgIpc) is 2.68. The molecule has 1 aliphatic heterocycles. The van der Waals surface area contributed by atoms with Crippen molar-refractivity contribution in [3.05, 3.63) is 29.6 Å². The number of hydrogen-bond donors (Lipinski definition) is 0. The summed E-state index contributed by atoms with van der Waals surface area (Å²) in [5.74, 6) is 1.10. The van der Waals surface area contributed by atoms with E-state index >= 15 is 0 Å². The van der Waals surface area contributed by atoms with Crippen molar-refractivity contribution in [1.29, 1.82) is 0 Å². The highest BCUT2D eigenvalue weighted by Crippen LogP contribution is 2.24. The van der Waals surface area contributed by atoms with Crippen LogP contribution in [0.2, 0.25) is 0 Å². The average molecular weight is 248 g/mol. The number of likely N-dealkylation sites (tertiary alicyclic amines) is 1. The van der Waals surface area contributed by atoms with Crippen LogP contribution in [0.3, 0.4) is 0 Å². The summed E-state index contributed by atoms with van der Waals surface area (Å²) < 4.78 is 4.79. The number of pyridine rings is 1. The predicted molar refractivity (Wildman–Crippen MR) is 69.2 cm³/mol. The lowest BCUT2D eigenvalue weighted by Crippen LogP contribution is -2.22. The highest BCUT2D eigenvalue weighted by atomic mass is 16.5. The van der Waals surface area contributed by atoms with Crippen LogP contribution in [0.4, 0.5) is 0 Å². The third-order valence-corrected chi connectivity index (χ3v) is 3.73. The lowest BCUT2D eigenvalue weighted by Gasteiger charge is -2.16. The molecule has 1 saturated heterocycles. The Morgan fingerprint density at radius 3 is 2.72 bits per heavy atom. The van der Waals surface area contributed by atoms with Gasteiger partial charge >= 0.3 is 5.97 Å². The summed E-state index contributed by atoms with van der Waals surface area (Å²) in [5.41, 5.74) is 1.39. The second-order valence-corrected chi connectivity index (χ2v) is 5.14. The predicted octanol–water partition coefficient (Wildman–Crippen LogP) is 1.96. The van der Waals surface area contributed by atoms with Gasteiger partial charge in [0, 0.05) is 25.8 Å². The summed E-state index contributed by atoms with van der Waals surface area (Å²) in [6.45, 7) is 7.39. The van der Waals surface area contributed by atoms with Crippen LogP contribution >= 0.6 is 0 Å². The van der Waals surface area contributed by atoms with Crippen LogP contribution in [-0.4, -0.2) is 36.1 Å². The fourth-order valence-electron chi connectivity index (χ4n) is 2.45. The van der Waals surface area contributed by atoms with Crippen molar-refractivity contribution < 1.29 is 9.53 Å². The van der Waals surface area contributed by atoms with E-state index in [1.54, 1.807) is 18.3 Å². The van der Waals surface area contributed by atoms with Crippen molar-refractivity contribution in [2.45, 2.75) is 20.4 Å². The molecule has 98 valence electrons. The van der Waals surface area contributed by atoms with Gasteiger partial charge in [-0.05, 0) is 24.0 Å². The van der Waals surface area contributed by atoms with E-state index in [2.05, 4.69) is 23.7 Å². The third kappa shape index (κ3) is 2.70. The van der Waals surface area contributed by atoms with E-state index in [4.69, 9.17) is 4.74 Å². The highest BCUT2D eigenvalue weighted by Gasteiger charge is 2.27. The summed E-state index contributed by atoms with van der Waals surface area (Å²) in [7, 11) is 1.40. The number of carbonyl (C=O) groups is 1. The van der Waals surface area contributed by atoms with Crippen molar-refractivity contribution in [3.63, 3.8) is 0 Å². The van der Waals surface area contributed by atoms with E-state index < -0.39 is 0 Å². The standard InChI is InChI=1S/C14H20N2O2/c1-10-7-16(8-11(10)2)9-13-12(14(17)18-3)5-4-6-15-13/h4-6,10-11H,7-9H2,1-3H3. The van der Waals surface area contributed by atoms with Gasteiger partial charge in [-0.2, -0.15) is 0 Å². The number of esters is 1. The molecule has 1 aromatic rings. The van der Waals surface area contributed by atoms with Gasteiger partial charge in [-0.1, -0.05) is 13.8 Å². The van der Waals surface area contributed by atoms with E-state index in [0.717, 1.165) is 25.3 Å². The molecule has 2 atom stereocenters. The van der Waals surface area contributed by atoms with Gasteiger partial charge in [0.15, 0.2) is 0 Å². The van der Waals surface area contributed by atoms with Crippen LogP contribution in [0.15, 0.2) is 18.3 Å². The minimum Gasteiger partial charge on any atom is -0.465 e. The summed E-state index contributed by atoms with van der Waals surface area (Å²) in [4.78, 5) is 18.3. The SMILES string of the molecule is COC(=O)c1cccnc1CN1CC(C)C(C)C1. The molecule has 0 aromatic carbocycles. The molecule has 4 nitrogen and oxygen atoms in total. The first-order valence-electron chi connectivity index (χ1n) is 6.36. The van der Waals surface area contributed by atoms with E-state index in [9.17, 15) is 4.79 Å². The van der Waals surface area contributed by atoms with Crippen molar-refractivity contribution >= 4 is 5.97 Å². The summed E-state index contributed by atoms with van der Waals surface area (Å²) in [5, 5.41) is 0. The van der Waals surface area contributed by atoms with E-state index in [1.807, 2.05) is 0 Å². The van der Waals surface area contributed by atoms with E-state index in [0.29, 0.717) is 17.4 Å². The molecule has 0 radical (unpaired) electrons. The topological polar surface area (TPSA) is 42.4 Å². The quantitative estimate of drug-likeness (QED) is 0.767. The molecule has 0 amide bonds. The van der Waals surface area contributed by atoms with Crippen LogP contribution < -0.4 is 0 Å². The van der Waals surface area contributed by atoms with Crippen LogP contribution in [0, 0.1) is 11.8 Å². The second-order valence-electron chi connectivity index (χ2n) is 5.14. The van der Waals surface area contributed by atoms with Crippen LogP contribution in [-0.2, 0) is 11.3 Å². The van der Waals surface area contributed by atoms with Crippen LogP contribution in [0.25, 0.3) is 0 Å². The van der Waals surface area contributed by atoms with Crippen molar-refractivity contribution in [3.8, 4) is 0 Å². The molecule has 0 spiro atoms. The molecule has 1 fully saturated rings. The molecule has 1 aromatic heterocycles. The van der Waals surface area contributed by atoms with Gasteiger partial charge in [0.25, 0.3) is 0 Å². The zero-order valence-corrected chi connectivity index (χ0v) is 11.2. The smallest absolute Gasteiger partial charge is 0.339 e. The molecular weight excluding hydrogens is 228 g/mol. The molecule has 1 aliphatic rings. The Labute approximate surface area is 108 Å². The van der Waals surface area contributed by atoms with E-state index in [1.165, 1.54) is 7.11 Å². The summed E-state index contributed by atoms with van der Waals surface area (Å²) in [6, 6.07) is 3.54. The zero-order chi connectivity index (χ0) is 13.1. The number of methoxy groups -OCH3 is 1. The Hall–Kier alpha value is -1.42.